The van der Waals surface area contributed by atoms with Gasteiger partial charge in [-0.05, 0) is 41.3 Å². The van der Waals surface area contributed by atoms with E-state index in [-0.39, 0.29) is 0 Å². The molecule has 0 aliphatic carbocycles. The number of para-hydroxylation sites is 1. The number of aromatic nitrogens is 4. The quantitative estimate of drug-likeness (QED) is 0.881. The van der Waals surface area contributed by atoms with Crippen LogP contribution in [0.1, 0.15) is 12.8 Å². The van der Waals surface area contributed by atoms with Crippen LogP contribution in [-0.2, 0) is 4.74 Å². The Morgan fingerprint density at radius 2 is 2.21 bits per heavy atom. The van der Waals surface area contributed by atoms with Crippen LogP contribution in [0.4, 0.5) is 5.95 Å². The fourth-order valence-electron chi connectivity index (χ4n) is 2.24. The Bertz CT molecular complexity index is 507. The molecule has 1 N–H and O–H groups in total. The van der Waals surface area contributed by atoms with Gasteiger partial charge in [0.05, 0.1) is 5.69 Å². The Labute approximate surface area is 111 Å². The molecular formula is C13H17N5O. The second kappa shape index (κ2) is 5.79. The molecule has 1 unspecified atom stereocenters. The van der Waals surface area contributed by atoms with Gasteiger partial charge in [0, 0.05) is 19.8 Å². The van der Waals surface area contributed by atoms with Crippen LogP contribution in [0.5, 0.6) is 0 Å². The van der Waals surface area contributed by atoms with Gasteiger partial charge in [0.1, 0.15) is 0 Å². The van der Waals surface area contributed by atoms with E-state index in [9.17, 15) is 0 Å². The first-order valence-electron chi connectivity index (χ1n) is 6.59. The monoisotopic (exact) mass is 259 g/mol. The second-order valence-corrected chi connectivity index (χ2v) is 4.69. The first-order valence-corrected chi connectivity index (χ1v) is 6.59. The van der Waals surface area contributed by atoms with Crippen LogP contribution < -0.4 is 5.32 Å². The minimum Gasteiger partial charge on any atom is -0.381 e. The molecule has 1 aromatic heterocycles. The van der Waals surface area contributed by atoms with Crippen LogP contribution in [0.2, 0.25) is 0 Å². The summed E-state index contributed by atoms with van der Waals surface area (Å²) in [6.07, 6.45) is 2.24. The van der Waals surface area contributed by atoms with E-state index in [1.54, 1.807) is 4.68 Å². The standard InChI is InChI=1S/C13H17N5O/c1-2-4-12(5-3-1)18-13(15-16-17-18)14-8-6-11-7-9-19-10-11/h1-5,11H,6-10H2,(H,14,15,17). The summed E-state index contributed by atoms with van der Waals surface area (Å²) in [7, 11) is 0. The zero-order chi connectivity index (χ0) is 12.9. The fraction of sp³-hybridized carbons (Fsp3) is 0.462. The van der Waals surface area contributed by atoms with Crippen molar-refractivity contribution in [3.63, 3.8) is 0 Å². The van der Waals surface area contributed by atoms with Gasteiger partial charge in [-0.25, -0.2) is 0 Å². The molecule has 0 spiro atoms. The summed E-state index contributed by atoms with van der Waals surface area (Å²) in [4.78, 5) is 0. The number of rotatable bonds is 5. The van der Waals surface area contributed by atoms with Gasteiger partial charge in [-0.2, -0.15) is 4.68 Å². The molecule has 0 radical (unpaired) electrons. The summed E-state index contributed by atoms with van der Waals surface area (Å²) in [5.41, 5.74) is 0.958. The fourth-order valence-corrected chi connectivity index (χ4v) is 2.24. The van der Waals surface area contributed by atoms with Crippen molar-refractivity contribution in [2.45, 2.75) is 12.8 Å². The summed E-state index contributed by atoms with van der Waals surface area (Å²) < 4.78 is 7.08. The normalized spacial score (nSPS) is 18.6. The number of anilines is 1. The van der Waals surface area contributed by atoms with Gasteiger partial charge in [-0.3, -0.25) is 0 Å². The highest BCUT2D eigenvalue weighted by Crippen LogP contribution is 2.16. The SMILES string of the molecule is c1ccc(-n2nnnc2NCCC2CCOC2)cc1. The zero-order valence-corrected chi connectivity index (χ0v) is 10.7. The molecular weight excluding hydrogens is 242 g/mol. The number of benzene rings is 1. The first-order chi connectivity index (χ1) is 9.43. The summed E-state index contributed by atoms with van der Waals surface area (Å²) in [5, 5.41) is 15.0. The smallest absolute Gasteiger partial charge is 0.247 e. The van der Waals surface area contributed by atoms with Gasteiger partial charge in [0.2, 0.25) is 5.95 Å². The maximum atomic E-state index is 5.36. The van der Waals surface area contributed by atoms with E-state index in [0.717, 1.165) is 38.3 Å². The molecule has 19 heavy (non-hydrogen) atoms. The molecule has 100 valence electrons. The number of hydrogen-bond acceptors (Lipinski definition) is 5. The minimum atomic E-state index is 0.661. The van der Waals surface area contributed by atoms with Crippen molar-refractivity contribution in [3.8, 4) is 5.69 Å². The van der Waals surface area contributed by atoms with Crippen LogP contribution in [-0.4, -0.2) is 40.0 Å². The molecule has 6 heteroatoms. The third-order valence-electron chi connectivity index (χ3n) is 3.33. The maximum absolute atomic E-state index is 5.36. The number of tetrazole rings is 1. The van der Waals surface area contributed by atoms with Gasteiger partial charge in [0.25, 0.3) is 0 Å². The number of hydrogen-bond donors (Lipinski definition) is 1. The summed E-state index contributed by atoms with van der Waals surface area (Å²) in [6, 6.07) is 9.87. The molecule has 1 saturated heterocycles. The predicted octanol–water partition coefficient (Wildman–Crippen LogP) is 1.50. The van der Waals surface area contributed by atoms with Gasteiger partial charge < -0.3 is 10.1 Å². The number of nitrogens with zero attached hydrogens (tertiary/aromatic N) is 4. The molecule has 1 fully saturated rings. The third-order valence-corrected chi connectivity index (χ3v) is 3.33. The predicted molar refractivity (Wildman–Crippen MR) is 71.2 cm³/mol. The van der Waals surface area contributed by atoms with Crippen molar-refractivity contribution < 1.29 is 4.74 Å². The highest BCUT2D eigenvalue weighted by atomic mass is 16.5. The van der Waals surface area contributed by atoms with Crippen LogP contribution in [0, 0.1) is 5.92 Å². The topological polar surface area (TPSA) is 64.9 Å². The van der Waals surface area contributed by atoms with Crippen molar-refractivity contribution in [3.05, 3.63) is 30.3 Å². The zero-order valence-electron chi connectivity index (χ0n) is 10.7. The molecule has 1 atom stereocenters. The van der Waals surface area contributed by atoms with Crippen molar-refractivity contribution >= 4 is 5.95 Å². The van der Waals surface area contributed by atoms with E-state index in [0.29, 0.717) is 11.9 Å². The Morgan fingerprint density at radius 1 is 1.32 bits per heavy atom. The number of nitrogens with one attached hydrogen (secondary N) is 1. The second-order valence-electron chi connectivity index (χ2n) is 4.69. The molecule has 2 aromatic rings. The summed E-state index contributed by atoms with van der Waals surface area (Å²) in [6.45, 7) is 2.64. The van der Waals surface area contributed by atoms with E-state index in [1.165, 1.54) is 0 Å². The Hall–Kier alpha value is -1.95. The maximum Gasteiger partial charge on any atom is 0.247 e. The van der Waals surface area contributed by atoms with Crippen molar-refractivity contribution in [1.82, 2.24) is 20.2 Å². The molecule has 1 aromatic carbocycles. The lowest BCUT2D eigenvalue weighted by atomic mass is 10.1. The Balaban J connectivity index is 1.61. The lowest BCUT2D eigenvalue weighted by Crippen LogP contribution is -2.12. The molecule has 0 bridgehead atoms. The average molecular weight is 259 g/mol. The van der Waals surface area contributed by atoms with E-state index >= 15 is 0 Å². The lowest BCUT2D eigenvalue weighted by molar-refractivity contribution is 0.185. The van der Waals surface area contributed by atoms with E-state index in [2.05, 4.69) is 20.8 Å². The van der Waals surface area contributed by atoms with Crippen molar-refractivity contribution in [1.29, 1.82) is 0 Å². The van der Waals surface area contributed by atoms with Gasteiger partial charge in [0.15, 0.2) is 0 Å². The highest BCUT2D eigenvalue weighted by Gasteiger charge is 2.15. The van der Waals surface area contributed by atoms with Gasteiger partial charge in [-0.1, -0.05) is 23.3 Å². The first kappa shape index (κ1) is 12.1. The van der Waals surface area contributed by atoms with E-state index in [4.69, 9.17) is 4.74 Å². The van der Waals surface area contributed by atoms with Crippen LogP contribution in [0.25, 0.3) is 5.69 Å². The number of ether oxygens (including phenoxy) is 1. The molecule has 0 amide bonds. The molecule has 2 heterocycles. The van der Waals surface area contributed by atoms with Crippen molar-refractivity contribution in [2.24, 2.45) is 5.92 Å². The van der Waals surface area contributed by atoms with Crippen molar-refractivity contribution in [2.75, 3.05) is 25.1 Å². The third kappa shape index (κ3) is 2.90. The van der Waals surface area contributed by atoms with E-state index in [1.807, 2.05) is 30.3 Å². The van der Waals surface area contributed by atoms with E-state index < -0.39 is 0 Å². The Kier molecular flexibility index (Phi) is 3.69. The molecule has 6 nitrogen and oxygen atoms in total. The largest absolute Gasteiger partial charge is 0.381 e. The summed E-state index contributed by atoms with van der Waals surface area (Å²) >= 11 is 0. The molecule has 1 aliphatic rings. The lowest BCUT2D eigenvalue weighted by Gasteiger charge is -2.09. The highest BCUT2D eigenvalue weighted by molar-refractivity contribution is 5.38. The average Bonchev–Trinajstić information content (AvgIpc) is 3.11. The Morgan fingerprint density at radius 3 is 3.00 bits per heavy atom. The minimum absolute atomic E-state index is 0.661. The molecule has 3 rings (SSSR count). The van der Waals surface area contributed by atoms with Crippen LogP contribution in [0.3, 0.4) is 0 Å². The summed E-state index contributed by atoms with van der Waals surface area (Å²) in [5.74, 6) is 1.35. The van der Waals surface area contributed by atoms with Gasteiger partial charge >= 0.3 is 0 Å². The van der Waals surface area contributed by atoms with Gasteiger partial charge in [-0.15, -0.1) is 0 Å². The van der Waals surface area contributed by atoms with Crippen LogP contribution >= 0.6 is 0 Å². The van der Waals surface area contributed by atoms with Crippen LogP contribution in [0.15, 0.2) is 30.3 Å². The molecule has 1 aliphatic heterocycles. The molecule has 0 saturated carbocycles.